The molecule has 0 atom stereocenters. The van der Waals surface area contributed by atoms with E-state index < -0.39 is 0 Å². The van der Waals surface area contributed by atoms with Crippen LogP contribution >= 0.6 is 0 Å². The van der Waals surface area contributed by atoms with Gasteiger partial charge in [0, 0.05) is 31.5 Å². The maximum atomic E-state index is 11.7. The molecule has 2 amide bonds. The molecule has 0 aliphatic rings. The van der Waals surface area contributed by atoms with Gasteiger partial charge in [0.25, 0.3) is 0 Å². The summed E-state index contributed by atoms with van der Waals surface area (Å²) >= 11 is 0. The highest BCUT2D eigenvalue weighted by Crippen LogP contribution is 2.09. The lowest BCUT2D eigenvalue weighted by molar-refractivity contribution is 0.252. The van der Waals surface area contributed by atoms with Crippen molar-refractivity contribution in [2.24, 2.45) is 0 Å². The number of amides is 2. The third-order valence-corrected chi connectivity index (χ3v) is 2.96. The van der Waals surface area contributed by atoms with Crippen LogP contribution in [-0.2, 0) is 0 Å². The fourth-order valence-electron chi connectivity index (χ4n) is 1.85. The van der Waals surface area contributed by atoms with Crippen molar-refractivity contribution in [1.82, 2.24) is 5.32 Å². The van der Waals surface area contributed by atoms with Gasteiger partial charge in [-0.15, -0.1) is 0 Å². The van der Waals surface area contributed by atoms with Gasteiger partial charge >= 0.3 is 6.03 Å². The van der Waals surface area contributed by atoms with Crippen LogP contribution in [0, 0.1) is 0 Å². The van der Waals surface area contributed by atoms with E-state index in [4.69, 9.17) is 0 Å². The van der Waals surface area contributed by atoms with Crippen LogP contribution in [-0.4, -0.2) is 26.2 Å². The largest absolute Gasteiger partial charge is 0.373 e. The van der Waals surface area contributed by atoms with Crippen LogP contribution < -0.4 is 15.5 Å². The second-order valence-corrected chi connectivity index (χ2v) is 4.50. The zero-order valence-corrected chi connectivity index (χ0v) is 11.5. The first-order valence-electron chi connectivity index (χ1n) is 6.62. The number of hydrogen-bond acceptors (Lipinski definition) is 2. The van der Waals surface area contributed by atoms with E-state index in [0.717, 1.165) is 17.9 Å². The number of benzene rings is 2. The standard InChI is InChI=1S/C16H19N3O/c1-19(15-10-6-3-7-11-15)13-12-17-16(20)18-14-8-4-2-5-9-14/h2-11H,12-13H2,1H3,(H2,17,18,20). The number of nitrogens with zero attached hydrogens (tertiary/aromatic N) is 1. The Kier molecular flexibility index (Phi) is 5.00. The molecule has 104 valence electrons. The van der Waals surface area contributed by atoms with E-state index in [9.17, 15) is 4.79 Å². The van der Waals surface area contributed by atoms with Gasteiger partial charge in [0.2, 0.25) is 0 Å². The molecule has 0 bridgehead atoms. The molecular weight excluding hydrogens is 250 g/mol. The lowest BCUT2D eigenvalue weighted by Gasteiger charge is -2.19. The van der Waals surface area contributed by atoms with Gasteiger partial charge in [0.05, 0.1) is 0 Å². The molecule has 4 heteroatoms. The molecule has 2 aromatic rings. The number of carbonyl (C=O) groups excluding carboxylic acids is 1. The number of para-hydroxylation sites is 2. The molecule has 20 heavy (non-hydrogen) atoms. The summed E-state index contributed by atoms with van der Waals surface area (Å²) in [5.74, 6) is 0. The minimum absolute atomic E-state index is 0.183. The summed E-state index contributed by atoms with van der Waals surface area (Å²) in [5.41, 5.74) is 1.93. The van der Waals surface area contributed by atoms with Gasteiger partial charge in [-0.1, -0.05) is 36.4 Å². The smallest absolute Gasteiger partial charge is 0.319 e. The Morgan fingerprint density at radius 2 is 1.60 bits per heavy atom. The van der Waals surface area contributed by atoms with Crippen molar-refractivity contribution in [2.45, 2.75) is 0 Å². The number of rotatable bonds is 5. The Hall–Kier alpha value is -2.49. The molecule has 0 aliphatic carbocycles. The molecule has 0 aromatic heterocycles. The first-order valence-corrected chi connectivity index (χ1v) is 6.62. The Bertz CT molecular complexity index is 528. The highest BCUT2D eigenvalue weighted by Gasteiger charge is 2.02. The summed E-state index contributed by atoms with van der Waals surface area (Å²) in [6.45, 7) is 1.34. The lowest BCUT2D eigenvalue weighted by Crippen LogP contribution is -2.35. The number of anilines is 2. The second kappa shape index (κ2) is 7.19. The van der Waals surface area contributed by atoms with E-state index in [2.05, 4.69) is 15.5 Å². The van der Waals surface area contributed by atoms with Gasteiger partial charge in [-0.2, -0.15) is 0 Å². The van der Waals surface area contributed by atoms with E-state index in [1.54, 1.807) is 0 Å². The summed E-state index contributed by atoms with van der Waals surface area (Å²) < 4.78 is 0. The van der Waals surface area contributed by atoms with Crippen molar-refractivity contribution in [3.63, 3.8) is 0 Å². The molecule has 4 nitrogen and oxygen atoms in total. The van der Waals surface area contributed by atoms with E-state index in [1.165, 1.54) is 0 Å². The third kappa shape index (κ3) is 4.31. The predicted octanol–water partition coefficient (Wildman–Crippen LogP) is 2.94. The highest BCUT2D eigenvalue weighted by molar-refractivity contribution is 5.89. The summed E-state index contributed by atoms with van der Waals surface area (Å²) in [6.07, 6.45) is 0. The Balaban J connectivity index is 1.72. The van der Waals surface area contributed by atoms with E-state index in [1.807, 2.05) is 67.7 Å². The molecule has 0 radical (unpaired) electrons. The predicted molar refractivity (Wildman–Crippen MR) is 83.2 cm³/mol. The van der Waals surface area contributed by atoms with Gasteiger partial charge in [-0.05, 0) is 24.3 Å². The minimum Gasteiger partial charge on any atom is -0.373 e. The second-order valence-electron chi connectivity index (χ2n) is 4.50. The Morgan fingerprint density at radius 3 is 2.25 bits per heavy atom. The molecule has 0 heterocycles. The van der Waals surface area contributed by atoms with Gasteiger partial charge in [-0.25, -0.2) is 4.79 Å². The molecule has 0 unspecified atom stereocenters. The van der Waals surface area contributed by atoms with E-state index in [0.29, 0.717) is 6.54 Å². The van der Waals surface area contributed by atoms with Crippen molar-refractivity contribution < 1.29 is 4.79 Å². The first-order chi connectivity index (χ1) is 9.75. The molecule has 2 rings (SSSR count). The van der Waals surface area contributed by atoms with Crippen molar-refractivity contribution in [2.75, 3.05) is 30.4 Å². The number of hydrogen-bond donors (Lipinski definition) is 2. The molecule has 0 fully saturated rings. The zero-order chi connectivity index (χ0) is 14.2. The lowest BCUT2D eigenvalue weighted by atomic mass is 10.3. The van der Waals surface area contributed by atoms with Gasteiger partial charge < -0.3 is 15.5 Å². The van der Waals surface area contributed by atoms with Crippen LogP contribution in [0.1, 0.15) is 0 Å². The number of nitrogens with one attached hydrogen (secondary N) is 2. The SMILES string of the molecule is CN(CCNC(=O)Nc1ccccc1)c1ccccc1. The topological polar surface area (TPSA) is 44.4 Å². The van der Waals surface area contributed by atoms with Crippen LogP contribution in [0.15, 0.2) is 60.7 Å². The number of carbonyl (C=O) groups is 1. The van der Waals surface area contributed by atoms with E-state index in [-0.39, 0.29) is 6.03 Å². The van der Waals surface area contributed by atoms with Gasteiger partial charge in [-0.3, -0.25) is 0 Å². The summed E-state index contributed by atoms with van der Waals surface area (Å²) in [5, 5.41) is 5.63. The van der Waals surface area contributed by atoms with Crippen molar-refractivity contribution >= 4 is 17.4 Å². The molecule has 0 saturated carbocycles. The van der Waals surface area contributed by atoms with Crippen molar-refractivity contribution in [3.8, 4) is 0 Å². The van der Waals surface area contributed by atoms with Crippen LogP contribution in [0.2, 0.25) is 0 Å². The number of urea groups is 1. The molecule has 2 N–H and O–H groups in total. The van der Waals surface area contributed by atoms with Gasteiger partial charge in [0.15, 0.2) is 0 Å². The van der Waals surface area contributed by atoms with Crippen molar-refractivity contribution in [1.29, 1.82) is 0 Å². The van der Waals surface area contributed by atoms with Crippen LogP contribution in [0.4, 0.5) is 16.2 Å². The maximum absolute atomic E-state index is 11.7. The van der Waals surface area contributed by atoms with Crippen LogP contribution in [0.5, 0.6) is 0 Å². The monoisotopic (exact) mass is 269 g/mol. The van der Waals surface area contributed by atoms with Crippen LogP contribution in [0.3, 0.4) is 0 Å². The summed E-state index contributed by atoms with van der Waals surface area (Å²) in [4.78, 5) is 13.8. The average Bonchev–Trinajstić information content (AvgIpc) is 2.49. The molecule has 0 saturated heterocycles. The van der Waals surface area contributed by atoms with E-state index >= 15 is 0 Å². The zero-order valence-electron chi connectivity index (χ0n) is 11.5. The Labute approximate surface area is 119 Å². The van der Waals surface area contributed by atoms with Crippen molar-refractivity contribution in [3.05, 3.63) is 60.7 Å². The number of likely N-dealkylation sites (N-methyl/N-ethyl adjacent to an activating group) is 1. The fraction of sp³-hybridized carbons (Fsp3) is 0.188. The summed E-state index contributed by atoms with van der Waals surface area (Å²) in [7, 11) is 2.01. The first kappa shape index (κ1) is 13.9. The molecular formula is C16H19N3O. The molecule has 0 aliphatic heterocycles. The molecule has 2 aromatic carbocycles. The van der Waals surface area contributed by atoms with Crippen LogP contribution in [0.25, 0.3) is 0 Å². The third-order valence-electron chi connectivity index (χ3n) is 2.96. The van der Waals surface area contributed by atoms with Gasteiger partial charge in [0.1, 0.15) is 0 Å². The normalized spacial score (nSPS) is 9.85. The average molecular weight is 269 g/mol. The highest BCUT2D eigenvalue weighted by atomic mass is 16.2. The summed E-state index contributed by atoms with van der Waals surface area (Å²) in [6, 6.07) is 19.3. The fourth-order valence-corrected chi connectivity index (χ4v) is 1.85. The quantitative estimate of drug-likeness (QED) is 0.876. The Morgan fingerprint density at radius 1 is 1.00 bits per heavy atom. The maximum Gasteiger partial charge on any atom is 0.319 e. The minimum atomic E-state index is -0.183. The molecule has 0 spiro atoms.